The number of carbonyl (C=O) groups excluding carboxylic acids is 1. The summed E-state index contributed by atoms with van der Waals surface area (Å²) in [6.45, 7) is 1.81. The summed E-state index contributed by atoms with van der Waals surface area (Å²) in [6.07, 6.45) is -3.38. The minimum atomic E-state index is -4.77. The monoisotopic (exact) mass is 436 g/mol. The second-order valence-electron chi connectivity index (χ2n) is 6.23. The third kappa shape index (κ3) is 3.89. The van der Waals surface area contributed by atoms with Crippen molar-refractivity contribution < 1.29 is 30.8 Å². The van der Waals surface area contributed by atoms with Gasteiger partial charge in [0.25, 0.3) is 5.91 Å². The summed E-state index contributed by atoms with van der Waals surface area (Å²) >= 11 is 5.55. The van der Waals surface area contributed by atoms with E-state index in [2.05, 4.69) is 0 Å². The van der Waals surface area contributed by atoms with Gasteiger partial charge in [-0.1, -0.05) is 11.6 Å². The van der Waals surface area contributed by atoms with E-state index in [1.165, 1.54) is 17.2 Å². The maximum absolute atomic E-state index is 13.0. The van der Waals surface area contributed by atoms with E-state index in [9.17, 15) is 26.4 Å². The molecule has 1 saturated heterocycles. The molecule has 1 fully saturated rings. The van der Waals surface area contributed by atoms with Crippen LogP contribution >= 0.6 is 11.6 Å². The van der Waals surface area contributed by atoms with Crippen molar-refractivity contribution in [3.8, 4) is 0 Å². The van der Waals surface area contributed by atoms with Gasteiger partial charge in [-0.05, 0) is 31.2 Å². The van der Waals surface area contributed by atoms with Gasteiger partial charge >= 0.3 is 6.18 Å². The van der Waals surface area contributed by atoms with E-state index >= 15 is 0 Å². The second-order valence-corrected chi connectivity index (χ2v) is 8.57. The topological polar surface area (TPSA) is 70.8 Å². The van der Waals surface area contributed by atoms with Gasteiger partial charge in [-0.15, -0.1) is 0 Å². The fourth-order valence-electron chi connectivity index (χ4n) is 2.94. The van der Waals surface area contributed by atoms with Crippen LogP contribution in [0.3, 0.4) is 0 Å². The molecule has 1 aromatic heterocycles. The molecule has 0 atom stereocenters. The first kappa shape index (κ1) is 20.7. The average molecular weight is 437 g/mol. The molecule has 0 N–H and O–H groups in total. The van der Waals surface area contributed by atoms with Crippen LogP contribution in [-0.2, 0) is 16.2 Å². The predicted molar refractivity (Wildman–Crippen MR) is 94.6 cm³/mol. The zero-order valence-corrected chi connectivity index (χ0v) is 16.2. The number of halogens is 4. The standard InChI is InChI=1S/C17H16ClF3N2O4S/c1-11-13(4-9-27-11)16(24)22-5-7-23(8-6-22)28(25,26)12-2-3-15(18)14(10-12)17(19,20)21/h2-4,9-10H,5-8H2,1H3. The van der Waals surface area contributed by atoms with Crippen LogP contribution in [0.4, 0.5) is 13.2 Å². The Morgan fingerprint density at radius 1 is 1.14 bits per heavy atom. The number of alkyl halides is 3. The number of furan rings is 1. The van der Waals surface area contributed by atoms with Crippen LogP contribution in [0.5, 0.6) is 0 Å². The van der Waals surface area contributed by atoms with Crippen LogP contribution in [0.15, 0.2) is 39.8 Å². The highest BCUT2D eigenvalue weighted by Gasteiger charge is 2.36. The molecular formula is C17H16ClF3N2O4S. The number of piperazine rings is 1. The van der Waals surface area contributed by atoms with Crippen molar-refractivity contribution in [2.75, 3.05) is 26.2 Å². The predicted octanol–water partition coefficient (Wildman–Crippen LogP) is 3.41. The summed E-state index contributed by atoms with van der Waals surface area (Å²) in [7, 11) is -4.15. The Morgan fingerprint density at radius 3 is 2.32 bits per heavy atom. The van der Waals surface area contributed by atoms with Crippen LogP contribution in [0.1, 0.15) is 21.7 Å². The molecular weight excluding hydrogens is 421 g/mol. The Morgan fingerprint density at radius 2 is 1.79 bits per heavy atom. The molecule has 0 radical (unpaired) electrons. The normalized spacial score (nSPS) is 16.4. The lowest BCUT2D eigenvalue weighted by Crippen LogP contribution is -2.50. The Kier molecular flexibility index (Phi) is 5.48. The molecule has 0 aliphatic carbocycles. The Balaban J connectivity index is 1.77. The maximum atomic E-state index is 13.0. The van der Waals surface area contributed by atoms with E-state index in [-0.39, 0.29) is 32.1 Å². The SMILES string of the molecule is Cc1occc1C(=O)N1CCN(S(=O)(=O)c2ccc(Cl)c(C(F)(F)F)c2)CC1. The average Bonchev–Trinajstić information content (AvgIpc) is 3.06. The maximum Gasteiger partial charge on any atom is 0.417 e. The summed E-state index contributed by atoms with van der Waals surface area (Å²) in [5.41, 5.74) is -0.816. The van der Waals surface area contributed by atoms with Crippen molar-refractivity contribution in [1.29, 1.82) is 0 Å². The van der Waals surface area contributed by atoms with E-state index in [1.807, 2.05) is 0 Å². The molecule has 1 aliphatic rings. The number of hydrogen-bond donors (Lipinski definition) is 0. The first-order chi connectivity index (χ1) is 13.0. The fraction of sp³-hybridized carbons (Fsp3) is 0.353. The van der Waals surface area contributed by atoms with E-state index < -0.39 is 31.7 Å². The molecule has 2 aromatic rings. The van der Waals surface area contributed by atoms with Crippen molar-refractivity contribution in [1.82, 2.24) is 9.21 Å². The Hall–Kier alpha value is -2.04. The summed E-state index contributed by atoms with van der Waals surface area (Å²) in [5, 5.41) is -0.572. The number of rotatable bonds is 3. The Bertz CT molecular complexity index is 996. The molecule has 1 aliphatic heterocycles. The van der Waals surface area contributed by atoms with Gasteiger partial charge in [0, 0.05) is 26.2 Å². The highest BCUT2D eigenvalue weighted by molar-refractivity contribution is 7.89. The number of nitrogens with zero attached hydrogens (tertiary/aromatic N) is 2. The van der Waals surface area contributed by atoms with E-state index in [4.69, 9.17) is 16.0 Å². The lowest BCUT2D eigenvalue weighted by Gasteiger charge is -2.34. The summed E-state index contributed by atoms with van der Waals surface area (Å²) in [4.78, 5) is 13.4. The van der Waals surface area contributed by atoms with Crippen molar-refractivity contribution >= 4 is 27.5 Å². The van der Waals surface area contributed by atoms with Crippen LogP contribution in [-0.4, -0.2) is 49.7 Å². The third-order valence-electron chi connectivity index (χ3n) is 4.50. The van der Waals surface area contributed by atoms with Crippen LogP contribution in [0, 0.1) is 6.92 Å². The first-order valence-corrected chi connectivity index (χ1v) is 10.0. The molecule has 3 rings (SSSR count). The second kappa shape index (κ2) is 7.41. The van der Waals surface area contributed by atoms with Gasteiger partial charge in [-0.3, -0.25) is 4.79 Å². The van der Waals surface area contributed by atoms with Crippen molar-refractivity contribution in [3.05, 3.63) is 52.4 Å². The van der Waals surface area contributed by atoms with Gasteiger partial charge < -0.3 is 9.32 Å². The summed E-state index contributed by atoms with van der Waals surface area (Å²) in [6, 6.07) is 4.02. The highest BCUT2D eigenvalue weighted by Crippen LogP contribution is 2.36. The van der Waals surface area contributed by atoms with Gasteiger partial charge in [-0.25, -0.2) is 8.42 Å². The third-order valence-corrected chi connectivity index (χ3v) is 6.72. The van der Waals surface area contributed by atoms with Gasteiger partial charge in [0.05, 0.1) is 27.3 Å². The molecule has 11 heteroatoms. The van der Waals surface area contributed by atoms with Crippen LogP contribution < -0.4 is 0 Å². The van der Waals surface area contributed by atoms with E-state index in [0.29, 0.717) is 17.4 Å². The van der Waals surface area contributed by atoms with Crippen molar-refractivity contribution in [2.24, 2.45) is 0 Å². The number of sulfonamides is 1. The quantitative estimate of drug-likeness (QED) is 0.739. The first-order valence-electron chi connectivity index (χ1n) is 8.22. The minimum absolute atomic E-state index is 0.0328. The highest BCUT2D eigenvalue weighted by atomic mass is 35.5. The number of hydrogen-bond acceptors (Lipinski definition) is 4. The van der Waals surface area contributed by atoms with Gasteiger partial charge in [0.15, 0.2) is 0 Å². The molecule has 0 saturated carbocycles. The van der Waals surface area contributed by atoms with E-state index in [0.717, 1.165) is 16.4 Å². The molecule has 152 valence electrons. The fourth-order valence-corrected chi connectivity index (χ4v) is 4.61. The van der Waals surface area contributed by atoms with Gasteiger partial charge in [0.2, 0.25) is 10.0 Å². The molecule has 1 amide bonds. The lowest BCUT2D eigenvalue weighted by atomic mass is 10.2. The number of aryl methyl sites for hydroxylation is 1. The largest absolute Gasteiger partial charge is 0.469 e. The van der Waals surface area contributed by atoms with E-state index in [1.54, 1.807) is 6.92 Å². The molecule has 6 nitrogen and oxygen atoms in total. The zero-order valence-electron chi connectivity index (χ0n) is 14.7. The van der Waals surface area contributed by atoms with Gasteiger partial charge in [-0.2, -0.15) is 17.5 Å². The number of benzene rings is 1. The smallest absolute Gasteiger partial charge is 0.417 e. The molecule has 0 bridgehead atoms. The molecule has 0 spiro atoms. The Labute approximate surface area is 164 Å². The minimum Gasteiger partial charge on any atom is -0.469 e. The zero-order chi connectivity index (χ0) is 20.7. The molecule has 2 heterocycles. The molecule has 28 heavy (non-hydrogen) atoms. The van der Waals surface area contributed by atoms with Crippen LogP contribution in [0.2, 0.25) is 5.02 Å². The molecule has 0 unspecified atom stereocenters. The summed E-state index contributed by atoms with van der Waals surface area (Å²) in [5.74, 6) is 0.176. The van der Waals surface area contributed by atoms with Gasteiger partial charge in [0.1, 0.15) is 5.76 Å². The number of carbonyl (C=O) groups is 1. The summed E-state index contributed by atoms with van der Waals surface area (Å²) < 4.78 is 70.7. The van der Waals surface area contributed by atoms with Crippen LogP contribution in [0.25, 0.3) is 0 Å². The van der Waals surface area contributed by atoms with Crippen molar-refractivity contribution in [3.63, 3.8) is 0 Å². The molecule has 1 aromatic carbocycles. The lowest BCUT2D eigenvalue weighted by molar-refractivity contribution is -0.137. The number of amides is 1. The van der Waals surface area contributed by atoms with Crippen molar-refractivity contribution in [2.45, 2.75) is 18.0 Å².